The Morgan fingerprint density at radius 1 is 1.19 bits per heavy atom. The van der Waals surface area contributed by atoms with Gasteiger partial charge in [-0.25, -0.2) is 12.8 Å². The van der Waals surface area contributed by atoms with E-state index in [2.05, 4.69) is 10.5 Å². The highest BCUT2D eigenvalue weighted by Gasteiger charge is 2.12. The molecule has 7 heteroatoms. The lowest BCUT2D eigenvalue weighted by Gasteiger charge is -2.22. The largest absolute Gasteiger partial charge is 0.573 e. The minimum absolute atomic E-state index is 0.133. The van der Waals surface area contributed by atoms with Crippen LogP contribution < -0.4 is 5.73 Å². The second kappa shape index (κ2) is 5.91. The van der Waals surface area contributed by atoms with Crippen LogP contribution in [0, 0.1) is 17.1 Å². The van der Waals surface area contributed by atoms with Gasteiger partial charge in [0.05, 0.1) is 23.1 Å². The van der Waals surface area contributed by atoms with E-state index in [9.17, 15) is 12.8 Å². The van der Waals surface area contributed by atoms with E-state index in [0.717, 1.165) is 6.07 Å². The standard InChI is InChI=1S/C14H11FN3O2S/c15-13-6-3-11(9-17)7-14(13)21(19,20)18-12-4-1-10(8-16)2-5-12/h1-7H,9,17H2/q-1/p+1. The molecule has 0 aliphatic carbocycles. The van der Waals surface area contributed by atoms with E-state index in [1.165, 1.54) is 36.4 Å². The summed E-state index contributed by atoms with van der Waals surface area (Å²) in [5, 5.41) is 8.68. The van der Waals surface area contributed by atoms with Crippen molar-refractivity contribution in [1.29, 1.82) is 5.26 Å². The molecule has 0 fully saturated rings. The molecule has 21 heavy (non-hydrogen) atoms. The Morgan fingerprint density at radius 3 is 2.43 bits per heavy atom. The SMILES string of the molecule is N#Cc1ccc([N-]S(=O)(=O)c2cc(C[NH3+])ccc2F)cc1. The van der Waals surface area contributed by atoms with Gasteiger partial charge in [-0.3, -0.25) is 0 Å². The minimum atomic E-state index is -4.16. The number of halogens is 1. The van der Waals surface area contributed by atoms with Crippen molar-refractivity contribution in [2.75, 3.05) is 0 Å². The first-order chi connectivity index (χ1) is 9.96. The van der Waals surface area contributed by atoms with Crippen molar-refractivity contribution in [3.8, 4) is 6.07 Å². The fourth-order valence-corrected chi connectivity index (χ4v) is 2.80. The van der Waals surface area contributed by atoms with Crippen LogP contribution in [-0.2, 0) is 16.6 Å². The lowest BCUT2D eigenvalue weighted by molar-refractivity contribution is -0.386. The Kier molecular flexibility index (Phi) is 4.21. The molecule has 2 rings (SSSR count). The third-order valence-corrected chi connectivity index (χ3v) is 4.10. The summed E-state index contributed by atoms with van der Waals surface area (Å²) < 4.78 is 41.6. The van der Waals surface area contributed by atoms with Crippen molar-refractivity contribution in [3.05, 3.63) is 64.1 Å². The van der Waals surface area contributed by atoms with Crippen molar-refractivity contribution in [2.45, 2.75) is 11.4 Å². The third kappa shape index (κ3) is 3.37. The van der Waals surface area contributed by atoms with Crippen molar-refractivity contribution < 1.29 is 18.5 Å². The van der Waals surface area contributed by atoms with Crippen molar-refractivity contribution in [2.24, 2.45) is 0 Å². The lowest BCUT2D eigenvalue weighted by atomic mass is 10.2. The van der Waals surface area contributed by atoms with Gasteiger partial charge in [-0.15, -0.1) is 5.69 Å². The third-order valence-electron chi connectivity index (χ3n) is 2.78. The Hall–Kier alpha value is -2.43. The van der Waals surface area contributed by atoms with Crippen LogP contribution in [0.1, 0.15) is 11.1 Å². The van der Waals surface area contributed by atoms with Crippen LogP contribution in [0.3, 0.4) is 0 Å². The van der Waals surface area contributed by atoms with E-state index in [4.69, 9.17) is 5.26 Å². The fraction of sp³-hybridized carbons (Fsp3) is 0.0714. The van der Waals surface area contributed by atoms with E-state index < -0.39 is 20.7 Å². The van der Waals surface area contributed by atoms with Crippen LogP contribution in [0.15, 0.2) is 47.4 Å². The normalized spacial score (nSPS) is 10.9. The van der Waals surface area contributed by atoms with Crippen LogP contribution in [0.4, 0.5) is 10.1 Å². The molecule has 0 amide bonds. The average Bonchev–Trinajstić information content (AvgIpc) is 2.48. The van der Waals surface area contributed by atoms with Gasteiger partial charge in [-0.05, 0) is 24.3 Å². The molecule has 0 aliphatic heterocycles. The summed E-state index contributed by atoms with van der Waals surface area (Å²) in [5.41, 5.74) is 4.75. The van der Waals surface area contributed by atoms with Gasteiger partial charge in [-0.2, -0.15) is 5.26 Å². The van der Waals surface area contributed by atoms with Crippen LogP contribution in [-0.4, -0.2) is 8.42 Å². The number of rotatable bonds is 4. The molecule has 0 saturated carbocycles. The van der Waals surface area contributed by atoms with Gasteiger partial charge in [0.15, 0.2) is 0 Å². The number of nitriles is 1. The molecule has 0 heterocycles. The van der Waals surface area contributed by atoms with Crippen molar-refractivity contribution in [3.63, 3.8) is 0 Å². The molecule has 108 valence electrons. The zero-order valence-electron chi connectivity index (χ0n) is 11.0. The highest BCUT2D eigenvalue weighted by Crippen LogP contribution is 2.29. The van der Waals surface area contributed by atoms with E-state index in [-0.39, 0.29) is 5.69 Å². The first-order valence-corrected chi connectivity index (χ1v) is 7.46. The number of hydrogen-bond donors (Lipinski definition) is 1. The summed E-state index contributed by atoms with van der Waals surface area (Å²) in [6.45, 7) is 0.347. The highest BCUT2D eigenvalue weighted by atomic mass is 32.2. The molecule has 0 bridgehead atoms. The molecule has 0 saturated heterocycles. The topological polar surface area (TPSA) is 99.7 Å². The highest BCUT2D eigenvalue weighted by molar-refractivity contribution is 7.94. The van der Waals surface area contributed by atoms with Crippen LogP contribution in [0.25, 0.3) is 4.72 Å². The summed E-state index contributed by atoms with van der Waals surface area (Å²) in [4.78, 5) is -0.479. The lowest BCUT2D eigenvalue weighted by Crippen LogP contribution is -2.47. The number of nitrogens with zero attached hydrogens (tertiary/aromatic N) is 2. The monoisotopic (exact) mass is 305 g/mol. The van der Waals surface area contributed by atoms with Gasteiger partial charge in [0, 0.05) is 5.56 Å². The molecule has 5 nitrogen and oxygen atoms in total. The van der Waals surface area contributed by atoms with Gasteiger partial charge >= 0.3 is 0 Å². The Balaban J connectivity index is 2.35. The number of hydrogen-bond acceptors (Lipinski definition) is 3. The molecular weight excluding hydrogens is 293 g/mol. The Labute approximate surface area is 121 Å². The number of quaternary nitrogens is 1. The molecule has 3 N–H and O–H groups in total. The van der Waals surface area contributed by atoms with Crippen LogP contribution in [0.2, 0.25) is 0 Å². The van der Waals surface area contributed by atoms with Crippen molar-refractivity contribution >= 4 is 15.7 Å². The Bertz CT molecular complexity index is 796. The van der Waals surface area contributed by atoms with Gasteiger partial charge < -0.3 is 10.5 Å². The van der Waals surface area contributed by atoms with E-state index in [0.29, 0.717) is 17.7 Å². The molecule has 2 aromatic carbocycles. The Morgan fingerprint density at radius 2 is 1.86 bits per heavy atom. The predicted molar refractivity (Wildman–Crippen MR) is 74.4 cm³/mol. The zero-order chi connectivity index (χ0) is 15.5. The van der Waals surface area contributed by atoms with E-state index >= 15 is 0 Å². The summed E-state index contributed by atoms with van der Waals surface area (Å²) in [6, 6.07) is 11.4. The van der Waals surface area contributed by atoms with E-state index in [1.807, 2.05) is 6.07 Å². The summed E-state index contributed by atoms with van der Waals surface area (Å²) in [5.74, 6) is -0.857. The molecule has 2 aromatic rings. The molecule has 0 unspecified atom stereocenters. The number of benzene rings is 2. The molecule has 0 radical (unpaired) electrons. The van der Waals surface area contributed by atoms with Crippen molar-refractivity contribution in [1.82, 2.24) is 0 Å². The number of sulfonamides is 1. The maximum atomic E-state index is 13.7. The molecule has 0 spiro atoms. The van der Waals surface area contributed by atoms with Gasteiger partial charge in [-0.1, -0.05) is 18.2 Å². The first-order valence-electron chi connectivity index (χ1n) is 6.02. The second-order valence-electron chi connectivity index (χ2n) is 4.24. The zero-order valence-corrected chi connectivity index (χ0v) is 11.8. The average molecular weight is 305 g/mol. The van der Waals surface area contributed by atoms with Crippen LogP contribution in [0.5, 0.6) is 0 Å². The van der Waals surface area contributed by atoms with Crippen LogP contribution >= 0.6 is 0 Å². The van der Waals surface area contributed by atoms with Gasteiger partial charge in [0.1, 0.15) is 15.8 Å². The quantitative estimate of drug-likeness (QED) is 0.932. The fourth-order valence-electron chi connectivity index (χ4n) is 1.69. The second-order valence-corrected chi connectivity index (χ2v) is 5.81. The summed E-state index contributed by atoms with van der Waals surface area (Å²) >= 11 is 0. The molecular formula is C14H12FN3O2S. The molecule has 0 atom stereocenters. The molecule has 0 aromatic heterocycles. The minimum Gasteiger partial charge on any atom is -0.573 e. The summed E-state index contributed by atoms with van der Waals surface area (Å²) in [6.07, 6.45) is 0. The maximum Gasteiger partial charge on any atom is 0.140 e. The smallest absolute Gasteiger partial charge is 0.140 e. The first kappa shape index (κ1) is 15.0. The maximum absolute atomic E-state index is 13.7. The molecule has 0 aliphatic rings. The van der Waals surface area contributed by atoms with E-state index in [1.54, 1.807) is 0 Å². The summed E-state index contributed by atoms with van der Waals surface area (Å²) in [7, 11) is -4.16. The predicted octanol–water partition coefficient (Wildman–Crippen LogP) is 1.83. The van der Waals surface area contributed by atoms with Gasteiger partial charge in [0.2, 0.25) is 0 Å². The van der Waals surface area contributed by atoms with Gasteiger partial charge in [0.25, 0.3) is 0 Å².